The van der Waals surface area contributed by atoms with E-state index < -0.39 is 0 Å². The third kappa shape index (κ3) is 3.11. The average Bonchev–Trinajstić information content (AvgIpc) is 2.94. The van der Waals surface area contributed by atoms with Crippen LogP contribution in [0.2, 0.25) is 0 Å². The molecule has 140 valence electrons. The number of ether oxygens (including phenoxy) is 1. The summed E-state index contributed by atoms with van der Waals surface area (Å²) in [5.74, 6) is -0.222. The summed E-state index contributed by atoms with van der Waals surface area (Å²) in [6.45, 7) is 8.47. The van der Waals surface area contributed by atoms with Gasteiger partial charge in [-0.3, -0.25) is 9.48 Å². The van der Waals surface area contributed by atoms with E-state index in [-0.39, 0.29) is 11.9 Å². The molecule has 0 atom stereocenters. The average molecular weight is 359 g/mol. The van der Waals surface area contributed by atoms with E-state index in [0.717, 1.165) is 22.4 Å². The van der Waals surface area contributed by atoms with Gasteiger partial charge >= 0.3 is 5.97 Å². The van der Waals surface area contributed by atoms with E-state index in [9.17, 15) is 9.59 Å². The number of pyridine rings is 1. The van der Waals surface area contributed by atoms with Crippen molar-refractivity contribution in [1.82, 2.24) is 19.7 Å². The molecule has 0 saturated carbocycles. The molecule has 3 heterocycles. The number of nitrogens with zero attached hydrogens (tertiary/aromatic N) is 5. The number of aromatic nitrogens is 3. The van der Waals surface area contributed by atoms with E-state index in [1.54, 1.807) is 17.8 Å². The zero-order chi connectivity index (χ0) is 18.8. The Balaban J connectivity index is 2.04. The molecule has 0 aromatic carbocycles. The molecule has 0 N–H and O–H groups in total. The molecule has 0 bridgehead atoms. The summed E-state index contributed by atoms with van der Waals surface area (Å²) < 4.78 is 6.96. The van der Waals surface area contributed by atoms with Gasteiger partial charge in [0.05, 0.1) is 23.4 Å². The highest BCUT2D eigenvalue weighted by Crippen LogP contribution is 2.33. The van der Waals surface area contributed by atoms with Gasteiger partial charge in [-0.1, -0.05) is 6.92 Å². The maximum atomic E-state index is 12.5. The second kappa shape index (κ2) is 7.31. The van der Waals surface area contributed by atoms with E-state index in [1.807, 2.05) is 25.8 Å². The highest BCUT2D eigenvalue weighted by molar-refractivity contribution is 6.05. The van der Waals surface area contributed by atoms with E-state index in [4.69, 9.17) is 4.74 Å². The molecule has 1 saturated heterocycles. The molecular weight excluding hydrogens is 334 g/mol. The summed E-state index contributed by atoms with van der Waals surface area (Å²) in [6.07, 6.45) is 2.08. The molecule has 8 heteroatoms. The van der Waals surface area contributed by atoms with Crippen LogP contribution in [0, 0.1) is 6.92 Å². The van der Waals surface area contributed by atoms with Crippen molar-refractivity contribution in [1.29, 1.82) is 0 Å². The lowest BCUT2D eigenvalue weighted by Crippen LogP contribution is -2.49. The van der Waals surface area contributed by atoms with Crippen LogP contribution in [0.25, 0.3) is 11.0 Å². The molecule has 1 amide bonds. The van der Waals surface area contributed by atoms with Crippen LogP contribution in [0.3, 0.4) is 0 Å². The molecule has 0 unspecified atom stereocenters. The third-order valence-electron chi connectivity index (χ3n) is 4.75. The van der Waals surface area contributed by atoms with E-state index in [0.29, 0.717) is 44.8 Å². The third-order valence-corrected chi connectivity index (χ3v) is 4.75. The minimum atomic E-state index is -0.382. The van der Waals surface area contributed by atoms with Crippen molar-refractivity contribution in [2.24, 2.45) is 7.05 Å². The Bertz CT molecular complexity index is 837. The van der Waals surface area contributed by atoms with E-state index in [1.165, 1.54) is 0 Å². The summed E-state index contributed by atoms with van der Waals surface area (Å²) in [5, 5.41) is 5.33. The molecule has 2 aromatic rings. The zero-order valence-electron chi connectivity index (χ0n) is 15.8. The molecule has 8 nitrogen and oxygen atoms in total. The lowest BCUT2D eigenvalue weighted by molar-refractivity contribution is -0.131. The molecule has 0 spiro atoms. The standard InChI is InChI=1S/C18H25N5O3/c1-5-14(24)22-7-9-23(10-8-22)16-13(18(25)26-6-2)11-19-17-15(16)12(3)20-21(17)4/h11H,5-10H2,1-4H3. The minimum Gasteiger partial charge on any atom is -0.462 e. The number of amides is 1. The van der Waals surface area contributed by atoms with E-state index >= 15 is 0 Å². The van der Waals surface area contributed by atoms with Gasteiger partial charge in [-0.05, 0) is 13.8 Å². The predicted octanol–water partition coefficient (Wildman–Crippen LogP) is 1.51. The fraction of sp³-hybridized carbons (Fsp3) is 0.556. The number of rotatable bonds is 4. The van der Waals surface area contributed by atoms with Gasteiger partial charge in [-0.2, -0.15) is 5.10 Å². The van der Waals surface area contributed by atoms with Crippen molar-refractivity contribution < 1.29 is 14.3 Å². The molecule has 3 rings (SSSR count). The number of fused-ring (bicyclic) bond motifs is 1. The first-order chi connectivity index (χ1) is 12.5. The summed E-state index contributed by atoms with van der Waals surface area (Å²) >= 11 is 0. The van der Waals surface area contributed by atoms with Crippen molar-refractivity contribution in [3.05, 3.63) is 17.5 Å². The van der Waals surface area contributed by atoms with Crippen LogP contribution in [0.4, 0.5) is 5.69 Å². The number of anilines is 1. The second-order valence-corrected chi connectivity index (χ2v) is 6.37. The maximum Gasteiger partial charge on any atom is 0.341 e. The van der Waals surface area contributed by atoms with Crippen molar-refractivity contribution >= 4 is 28.6 Å². The van der Waals surface area contributed by atoms with E-state index in [2.05, 4.69) is 15.0 Å². The van der Waals surface area contributed by atoms with Crippen molar-refractivity contribution in [3.63, 3.8) is 0 Å². The molecular formula is C18H25N5O3. The molecule has 26 heavy (non-hydrogen) atoms. The summed E-state index contributed by atoms with van der Waals surface area (Å²) in [6, 6.07) is 0. The number of aryl methyl sites for hydroxylation is 2. The highest BCUT2D eigenvalue weighted by Gasteiger charge is 2.28. The van der Waals surface area contributed by atoms with Crippen LogP contribution in [0.15, 0.2) is 6.20 Å². The van der Waals surface area contributed by atoms with Gasteiger partial charge < -0.3 is 14.5 Å². The number of carbonyl (C=O) groups is 2. The van der Waals surface area contributed by atoms with Crippen LogP contribution in [0.5, 0.6) is 0 Å². The summed E-state index contributed by atoms with van der Waals surface area (Å²) in [4.78, 5) is 32.9. The Hall–Kier alpha value is -2.64. The van der Waals surface area contributed by atoms with Crippen LogP contribution in [-0.4, -0.2) is 64.3 Å². The predicted molar refractivity (Wildman–Crippen MR) is 98.3 cm³/mol. The van der Waals surface area contributed by atoms with Crippen LogP contribution in [0.1, 0.15) is 36.3 Å². The number of esters is 1. The fourth-order valence-corrected chi connectivity index (χ4v) is 3.48. The quantitative estimate of drug-likeness (QED) is 0.770. The van der Waals surface area contributed by atoms with Gasteiger partial charge in [0.1, 0.15) is 5.56 Å². The normalized spacial score (nSPS) is 14.8. The highest BCUT2D eigenvalue weighted by atomic mass is 16.5. The van der Waals surface area contributed by atoms with Gasteiger partial charge in [0, 0.05) is 45.8 Å². The van der Waals surface area contributed by atoms with Gasteiger partial charge in [0.2, 0.25) is 5.91 Å². The van der Waals surface area contributed by atoms with Gasteiger partial charge in [0.25, 0.3) is 0 Å². The SMILES string of the molecule is CCOC(=O)c1cnc2c(c(C)nn2C)c1N1CCN(C(=O)CC)CC1. The Morgan fingerprint density at radius 2 is 1.88 bits per heavy atom. The number of piperazine rings is 1. The first-order valence-electron chi connectivity index (χ1n) is 9.00. The molecule has 2 aromatic heterocycles. The van der Waals surface area contributed by atoms with Gasteiger partial charge in [0.15, 0.2) is 5.65 Å². The summed E-state index contributed by atoms with van der Waals surface area (Å²) in [7, 11) is 1.84. The van der Waals surface area contributed by atoms with Crippen LogP contribution < -0.4 is 4.90 Å². The minimum absolute atomic E-state index is 0.160. The van der Waals surface area contributed by atoms with Crippen LogP contribution >= 0.6 is 0 Å². The van der Waals surface area contributed by atoms with Crippen LogP contribution in [-0.2, 0) is 16.6 Å². The molecule has 1 fully saturated rings. The summed E-state index contributed by atoms with van der Waals surface area (Å²) in [5.41, 5.74) is 2.81. The Labute approximate surface area is 152 Å². The van der Waals surface area contributed by atoms with Crippen molar-refractivity contribution in [2.45, 2.75) is 27.2 Å². The zero-order valence-corrected chi connectivity index (χ0v) is 15.8. The molecule has 0 radical (unpaired) electrons. The fourth-order valence-electron chi connectivity index (χ4n) is 3.48. The number of carbonyl (C=O) groups excluding carboxylic acids is 2. The maximum absolute atomic E-state index is 12.5. The lowest BCUT2D eigenvalue weighted by atomic mass is 10.1. The molecule has 1 aliphatic heterocycles. The van der Waals surface area contributed by atoms with Crippen molar-refractivity contribution in [3.8, 4) is 0 Å². The number of hydrogen-bond acceptors (Lipinski definition) is 6. The molecule has 0 aliphatic carbocycles. The molecule has 1 aliphatic rings. The monoisotopic (exact) mass is 359 g/mol. The number of hydrogen-bond donors (Lipinski definition) is 0. The Morgan fingerprint density at radius 1 is 1.19 bits per heavy atom. The Kier molecular flexibility index (Phi) is 5.11. The first kappa shape index (κ1) is 18.2. The van der Waals surface area contributed by atoms with Gasteiger partial charge in [-0.15, -0.1) is 0 Å². The topological polar surface area (TPSA) is 80.6 Å². The van der Waals surface area contributed by atoms with Crippen molar-refractivity contribution in [2.75, 3.05) is 37.7 Å². The second-order valence-electron chi connectivity index (χ2n) is 6.37. The Morgan fingerprint density at radius 3 is 2.50 bits per heavy atom. The van der Waals surface area contributed by atoms with Gasteiger partial charge in [-0.25, -0.2) is 9.78 Å². The smallest absolute Gasteiger partial charge is 0.341 e. The largest absolute Gasteiger partial charge is 0.462 e. The first-order valence-corrected chi connectivity index (χ1v) is 9.00. The lowest BCUT2D eigenvalue weighted by Gasteiger charge is -2.37.